The number of carbonyl (C=O) groups is 2. The van der Waals surface area contributed by atoms with Crippen molar-refractivity contribution in [1.29, 1.82) is 0 Å². The molecule has 0 aliphatic rings. The number of halogens is 2. The Kier molecular flexibility index (Phi) is 6.58. The maximum Gasteiger partial charge on any atom is 0.229 e. The molecule has 0 aliphatic carbocycles. The predicted octanol–water partition coefficient (Wildman–Crippen LogP) is 4.14. The second-order valence-corrected chi connectivity index (χ2v) is 6.68. The summed E-state index contributed by atoms with van der Waals surface area (Å²) >= 11 is 5.98. The number of anilines is 3. The van der Waals surface area contributed by atoms with Gasteiger partial charge in [-0.25, -0.2) is 14.4 Å². The number of methoxy groups -OCH3 is 1. The molecule has 3 aromatic rings. The third-order valence-electron chi connectivity index (χ3n) is 4.13. The van der Waals surface area contributed by atoms with E-state index in [1.807, 2.05) is 0 Å². The maximum absolute atomic E-state index is 13.2. The standard InChI is InChI=1S/C21H18ClFN4O3/c1-13(28)27(17-6-8-25-21(12-17)30-2)19-11-16(5-7-24-19)26-20(29)9-14-3-4-15(23)10-18(14)22/h3-8,10-12H,9H2,1-2H3,(H,24,26,29). The second kappa shape index (κ2) is 9.32. The van der Waals surface area contributed by atoms with Crippen LogP contribution in [0.5, 0.6) is 5.88 Å². The summed E-state index contributed by atoms with van der Waals surface area (Å²) in [7, 11) is 1.48. The van der Waals surface area contributed by atoms with Crippen LogP contribution in [0.4, 0.5) is 21.6 Å². The van der Waals surface area contributed by atoms with Gasteiger partial charge in [-0.3, -0.25) is 14.5 Å². The van der Waals surface area contributed by atoms with Crippen molar-refractivity contribution >= 4 is 40.6 Å². The lowest BCUT2D eigenvalue weighted by Gasteiger charge is -2.21. The number of nitrogens with zero attached hydrogens (tertiary/aromatic N) is 3. The molecule has 9 heteroatoms. The van der Waals surface area contributed by atoms with Crippen LogP contribution in [-0.2, 0) is 16.0 Å². The van der Waals surface area contributed by atoms with Crippen LogP contribution in [0.1, 0.15) is 12.5 Å². The number of nitrogens with one attached hydrogen (secondary N) is 1. The number of carbonyl (C=O) groups excluding carboxylic acids is 2. The number of amides is 2. The molecule has 0 unspecified atom stereocenters. The van der Waals surface area contributed by atoms with E-state index in [4.69, 9.17) is 16.3 Å². The molecular formula is C21H18ClFN4O3. The fourth-order valence-electron chi connectivity index (χ4n) is 2.79. The average molecular weight is 429 g/mol. The van der Waals surface area contributed by atoms with E-state index in [1.165, 1.54) is 43.5 Å². The number of benzene rings is 1. The zero-order valence-corrected chi connectivity index (χ0v) is 17.0. The largest absolute Gasteiger partial charge is 0.481 e. The van der Waals surface area contributed by atoms with Gasteiger partial charge < -0.3 is 10.1 Å². The number of aromatic nitrogens is 2. The molecule has 2 aromatic heterocycles. The van der Waals surface area contributed by atoms with Crippen molar-refractivity contribution in [3.05, 3.63) is 71.3 Å². The van der Waals surface area contributed by atoms with Crippen LogP contribution in [0, 0.1) is 5.82 Å². The van der Waals surface area contributed by atoms with Gasteiger partial charge in [-0.15, -0.1) is 0 Å². The molecule has 0 bridgehead atoms. The summed E-state index contributed by atoms with van der Waals surface area (Å²) in [6.07, 6.45) is 2.96. The Labute approximate surface area is 177 Å². The fraction of sp³-hybridized carbons (Fsp3) is 0.143. The molecule has 1 N–H and O–H groups in total. The number of pyridine rings is 2. The fourth-order valence-corrected chi connectivity index (χ4v) is 3.02. The molecule has 0 atom stereocenters. The van der Waals surface area contributed by atoms with E-state index in [1.54, 1.807) is 24.3 Å². The molecule has 0 radical (unpaired) electrons. The Morgan fingerprint density at radius 2 is 1.90 bits per heavy atom. The first-order valence-corrected chi connectivity index (χ1v) is 9.25. The third kappa shape index (κ3) is 5.09. The molecule has 0 fully saturated rings. The Bertz CT molecular complexity index is 1090. The quantitative estimate of drug-likeness (QED) is 0.637. The first-order chi connectivity index (χ1) is 14.4. The lowest BCUT2D eigenvalue weighted by atomic mass is 10.1. The lowest BCUT2D eigenvalue weighted by molar-refractivity contribution is -0.116. The molecule has 0 saturated carbocycles. The Morgan fingerprint density at radius 1 is 1.13 bits per heavy atom. The van der Waals surface area contributed by atoms with Crippen LogP contribution in [0.25, 0.3) is 0 Å². The zero-order valence-electron chi connectivity index (χ0n) is 16.2. The van der Waals surface area contributed by atoms with Gasteiger partial charge in [0.25, 0.3) is 0 Å². The average Bonchev–Trinajstić information content (AvgIpc) is 2.70. The van der Waals surface area contributed by atoms with Crippen LogP contribution in [-0.4, -0.2) is 28.9 Å². The lowest BCUT2D eigenvalue weighted by Crippen LogP contribution is -2.24. The van der Waals surface area contributed by atoms with Crippen LogP contribution in [0.15, 0.2) is 54.9 Å². The highest BCUT2D eigenvalue weighted by Crippen LogP contribution is 2.28. The number of ether oxygens (including phenoxy) is 1. The van der Waals surface area contributed by atoms with E-state index in [9.17, 15) is 14.0 Å². The van der Waals surface area contributed by atoms with E-state index in [0.717, 1.165) is 6.07 Å². The molecule has 0 aliphatic heterocycles. The number of hydrogen-bond acceptors (Lipinski definition) is 5. The topological polar surface area (TPSA) is 84.4 Å². The van der Waals surface area contributed by atoms with E-state index in [-0.39, 0.29) is 23.3 Å². The van der Waals surface area contributed by atoms with Crippen LogP contribution in [0.2, 0.25) is 5.02 Å². The van der Waals surface area contributed by atoms with Crippen molar-refractivity contribution < 1.29 is 18.7 Å². The van der Waals surface area contributed by atoms with Gasteiger partial charge in [0, 0.05) is 42.2 Å². The Balaban J connectivity index is 1.81. The van der Waals surface area contributed by atoms with Crippen molar-refractivity contribution in [3.8, 4) is 5.88 Å². The van der Waals surface area contributed by atoms with E-state index in [2.05, 4.69) is 15.3 Å². The predicted molar refractivity (Wildman–Crippen MR) is 112 cm³/mol. The van der Waals surface area contributed by atoms with Crippen molar-refractivity contribution in [1.82, 2.24) is 9.97 Å². The molecule has 1 aromatic carbocycles. The first-order valence-electron chi connectivity index (χ1n) is 8.88. The van der Waals surface area contributed by atoms with Crippen LogP contribution >= 0.6 is 11.6 Å². The summed E-state index contributed by atoms with van der Waals surface area (Å²) in [6.45, 7) is 1.40. The Morgan fingerprint density at radius 3 is 2.60 bits per heavy atom. The van der Waals surface area contributed by atoms with Gasteiger partial charge in [0.1, 0.15) is 11.6 Å². The van der Waals surface area contributed by atoms with Crippen molar-refractivity contribution in [2.75, 3.05) is 17.3 Å². The van der Waals surface area contributed by atoms with E-state index >= 15 is 0 Å². The Hall–Kier alpha value is -3.52. The second-order valence-electron chi connectivity index (χ2n) is 6.27. The molecule has 0 spiro atoms. The summed E-state index contributed by atoms with van der Waals surface area (Å²) in [5.74, 6) is -0.439. The van der Waals surface area contributed by atoms with Gasteiger partial charge >= 0.3 is 0 Å². The summed E-state index contributed by atoms with van der Waals surface area (Å²) < 4.78 is 18.3. The summed E-state index contributed by atoms with van der Waals surface area (Å²) in [5.41, 5.74) is 1.46. The third-order valence-corrected chi connectivity index (χ3v) is 4.48. The maximum atomic E-state index is 13.2. The molecule has 0 saturated heterocycles. The van der Waals surface area contributed by atoms with Crippen LogP contribution < -0.4 is 15.0 Å². The molecule has 3 rings (SSSR count). The highest BCUT2D eigenvalue weighted by molar-refractivity contribution is 6.31. The van der Waals surface area contributed by atoms with Gasteiger partial charge in [-0.05, 0) is 29.8 Å². The van der Waals surface area contributed by atoms with Gasteiger partial charge in [0.2, 0.25) is 17.7 Å². The van der Waals surface area contributed by atoms with Gasteiger partial charge in [0.15, 0.2) is 0 Å². The van der Waals surface area contributed by atoms with Gasteiger partial charge in [-0.1, -0.05) is 17.7 Å². The van der Waals surface area contributed by atoms with Crippen LogP contribution in [0.3, 0.4) is 0 Å². The number of rotatable bonds is 6. The molecule has 30 heavy (non-hydrogen) atoms. The van der Waals surface area contributed by atoms with E-state index < -0.39 is 5.82 Å². The van der Waals surface area contributed by atoms with Crippen molar-refractivity contribution in [2.24, 2.45) is 0 Å². The molecule has 154 valence electrons. The highest BCUT2D eigenvalue weighted by Gasteiger charge is 2.17. The smallest absolute Gasteiger partial charge is 0.229 e. The molecule has 7 nitrogen and oxygen atoms in total. The first kappa shape index (κ1) is 21.2. The monoisotopic (exact) mass is 428 g/mol. The van der Waals surface area contributed by atoms with Crippen molar-refractivity contribution in [3.63, 3.8) is 0 Å². The minimum absolute atomic E-state index is 0.0330. The van der Waals surface area contributed by atoms with E-state index in [0.29, 0.717) is 28.6 Å². The summed E-state index contributed by atoms with van der Waals surface area (Å²) in [5, 5.41) is 2.91. The SMILES string of the molecule is COc1cc(N(C(C)=O)c2cc(NC(=O)Cc3ccc(F)cc3Cl)ccn2)ccn1. The van der Waals surface area contributed by atoms with Crippen molar-refractivity contribution in [2.45, 2.75) is 13.3 Å². The van der Waals surface area contributed by atoms with Gasteiger partial charge in [-0.2, -0.15) is 0 Å². The highest BCUT2D eigenvalue weighted by atomic mass is 35.5. The summed E-state index contributed by atoms with van der Waals surface area (Å²) in [4.78, 5) is 34.3. The molecule has 2 heterocycles. The normalized spacial score (nSPS) is 10.4. The number of hydrogen-bond donors (Lipinski definition) is 1. The minimum atomic E-state index is -0.472. The molecular weight excluding hydrogens is 411 g/mol. The van der Waals surface area contributed by atoms with Gasteiger partial charge in [0.05, 0.1) is 19.2 Å². The zero-order chi connectivity index (χ0) is 21.7. The summed E-state index contributed by atoms with van der Waals surface area (Å²) in [6, 6.07) is 10.3. The molecule has 2 amide bonds. The minimum Gasteiger partial charge on any atom is -0.481 e.